The van der Waals surface area contributed by atoms with Gasteiger partial charge in [0.2, 0.25) is 11.9 Å². The summed E-state index contributed by atoms with van der Waals surface area (Å²) in [6.45, 7) is 1.73. The minimum Gasteiger partial charge on any atom is -0.294 e. The zero-order valence-corrected chi connectivity index (χ0v) is 7.42. The third-order valence-corrected chi connectivity index (χ3v) is 1.43. The van der Waals surface area contributed by atoms with Crippen LogP contribution in [0.15, 0.2) is 6.33 Å². The van der Waals surface area contributed by atoms with Crippen molar-refractivity contribution in [2.75, 3.05) is 5.32 Å². The number of amides is 1. The predicted octanol–water partition coefficient (Wildman–Crippen LogP) is 0.527. The van der Waals surface area contributed by atoms with Crippen LogP contribution in [-0.4, -0.2) is 25.9 Å². The molecule has 1 rings (SSSR count). The Kier molecular flexibility index (Phi) is 2.58. The van der Waals surface area contributed by atoms with Crippen LogP contribution < -0.4 is 5.32 Å². The van der Waals surface area contributed by atoms with Gasteiger partial charge in [-0.25, -0.2) is 5.10 Å². The Morgan fingerprint density at radius 3 is 3.09 bits per heavy atom. The van der Waals surface area contributed by atoms with E-state index in [4.69, 9.17) is 0 Å². The second-order valence-electron chi connectivity index (χ2n) is 1.94. The fraction of sp³-hybridized carbons (Fsp3) is 0.400. The van der Waals surface area contributed by atoms with Gasteiger partial charge in [-0.05, 0) is 6.92 Å². The molecule has 1 heterocycles. The molecule has 0 saturated carbocycles. The number of nitrogens with one attached hydrogen (secondary N) is 2. The third-order valence-electron chi connectivity index (χ3n) is 1.02. The smallest absolute Gasteiger partial charge is 0.240 e. The van der Waals surface area contributed by atoms with Crippen molar-refractivity contribution >= 4 is 27.8 Å². The van der Waals surface area contributed by atoms with Gasteiger partial charge in [0, 0.05) is 0 Å². The van der Waals surface area contributed by atoms with E-state index < -0.39 is 0 Å². The minimum atomic E-state index is -0.229. The molecule has 0 radical (unpaired) electrons. The number of hydrogen-bond acceptors (Lipinski definition) is 3. The lowest BCUT2D eigenvalue weighted by molar-refractivity contribution is -0.115. The highest BCUT2D eigenvalue weighted by molar-refractivity contribution is 9.10. The van der Waals surface area contributed by atoms with Crippen LogP contribution in [0, 0.1) is 0 Å². The van der Waals surface area contributed by atoms with E-state index in [2.05, 4.69) is 36.4 Å². The Morgan fingerprint density at radius 1 is 1.91 bits per heavy atom. The van der Waals surface area contributed by atoms with Gasteiger partial charge in [-0.3, -0.25) is 10.1 Å². The molecular formula is C5H7BrN4O. The Balaban J connectivity index is 2.50. The van der Waals surface area contributed by atoms with Crippen LogP contribution in [0.2, 0.25) is 0 Å². The van der Waals surface area contributed by atoms with Gasteiger partial charge in [0.05, 0.1) is 4.83 Å². The molecular weight excluding hydrogens is 212 g/mol. The van der Waals surface area contributed by atoms with Gasteiger partial charge in [0.15, 0.2) is 0 Å². The second kappa shape index (κ2) is 3.47. The summed E-state index contributed by atoms with van der Waals surface area (Å²) in [5, 5.41) is 8.58. The predicted molar refractivity (Wildman–Crippen MR) is 43.4 cm³/mol. The van der Waals surface area contributed by atoms with Crippen LogP contribution >= 0.6 is 15.9 Å². The SMILES string of the molecule is C[C@@H](Br)C(=O)Nc1ncn[nH]1. The molecule has 0 aliphatic carbocycles. The molecule has 5 nitrogen and oxygen atoms in total. The standard InChI is InChI=1S/C5H7BrN4O/c1-3(6)4(11)9-5-7-2-8-10-5/h2-3H,1H3,(H2,7,8,9,10,11)/t3-/m1/s1. The highest BCUT2D eigenvalue weighted by Crippen LogP contribution is 2.01. The Bertz CT molecular complexity index is 233. The van der Waals surface area contributed by atoms with Gasteiger partial charge in [0.1, 0.15) is 6.33 Å². The van der Waals surface area contributed by atoms with Gasteiger partial charge in [-0.2, -0.15) is 10.1 Å². The maximum absolute atomic E-state index is 11.0. The van der Waals surface area contributed by atoms with Gasteiger partial charge in [-0.1, -0.05) is 15.9 Å². The first kappa shape index (κ1) is 8.19. The van der Waals surface area contributed by atoms with Crippen molar-refractivity contribution in [3.63, 3.8) is 0 Å². The Labute approximate surface area is 71.7 Å². The van der Waals surface area contributed by atoms with Crippen molar-refractivity contribution in [3.05, 3.63) is 6.33 Å². The molecule has 0 spiro atoms. The molecule has 60 valence electrons. The average Bonchev–Trinajstić information content (AvgIpc) is 2.39. The number of carbonyl (C=O) groups is 1. The minimum absolute atomic E-state index is 0.151. The molecule has 0 saturated heterocycles. The fourth-order valence-corrected chi connectivity index (χ4v) is 0.596. The van der Waals surface area contributed by atoms with Crippen LogP contribution in [0.3, 0.4) is 0 Å². The van der Waals surface area contributed by atoms with Crippen LogP contribution in [0.5, 0.6) is 0 Å². The van der Waals surface area contributed by atoms with Crippen molar-refractivity contribution in [1.82, 2.24) is 15.2 Å². The number of aromatic nitrogens is 3. The first-order valence-corrected chi connectivity index (χ1v) is 3.92. The molecule has 2 N–H and O–H groups in total. The summed E-state index contributed by atoms with van der Waals surface area (Å²) < 4.78 is 0. The molecule has 6 heteroatoms. The molecule has 0 aliphatic rings. The number of alkyl halides is 1. The van der Waals surface area contributed by atoms with E-state index in [0.29, 0.717) is 5.95 Å². The number of anilines is 1. The summed E-state index contributed by atoms with van der Waals surface area (Å²) in [5.74, 6) is 0.211. The topological polar surface area (TPSA) is 70.7 Å². The molecule has 11 heavy (non-hydrogen) atoms. The zero-order chi connectivity index (χ0) is 8.27. The molecule has 0 bridgehead atoms. The van der Waals surface area contributed by atoms with Crippen molar-refractivity contribution in [2.45, 2.75) is 11.8 Å². The molecule has 1 aromatic rings. The number of carbonyl (C=O) groups excluding carboxylic acids is 1. The summed E-state index contributed by atoms with van der Waals surface area (Å²) in [7, 11) is 0. The number of rotatable bonds is 2. The summed E-state index contributed by atoms with van der Waals surface area (Å²) in [5.41, 5.74) is 0. The molecule has 0 fully saturated rings. The first-order chi connectivity index (χ1) is 5.20. The second-order valence-corrected chi connectivity index (χ2v) is 3.31. The normalized spacial score (nSPS) is 12.5. The van der Waals surface area contributed by atoms with Crippen molar-refractivity contribution in [1.29, 1.82) is 0 Å². The largest absolute Gasteiger partial charge is 0.294 e. The lowest BCUT2D eigenvalue weighted by Crippen LogP contribution is -2.20. The molecule has 1 amide bonds. The van der Waals surface area contributed by atoms with E-state index in [0.717, 1.165) is 0 Å². The zero-order valence-electron chi connectivity index (χ0n) is 5.84. The Hall–Kier alpha value is -0.910. The maximum Gasteiger partial charge on any atom is 0.240 e. The van der Waals surface area contributed by atoms with Crippen LogP contribution in [0.25, 0.3) is 0 Å². The summed E-state index contributed by atoms with van der Waals surface area (Å²) in [6.07, 6.45) is 1.33. The summed E-state index contributed by atoms with van der Waals surface area (Å²) >= 11 is 3.11. The van der Waals surface area contributed by atoms with Crippen molar-refractivity contribution in [2.24, 2.45) is 0 Å². The molecule has 0 unspecified atom stereocenters. The molecule has 0 aromatic carbocycles. The van der Waals surface area contributed by atoms with Crippen molar-refractivity contribution in [3.8, 4) is 0 Å². The lowest BCUT2D eigenvalue weighted by atomic mass is 10.4. The molecule has 1 atom stereocenters. The maximum atomic E-state index is 11.0. The fourth-order valence-electron chi connectivity index (χ4n) is 0.482. The highest BCUT2D eigenvalue weighted by Gasteiger charge is 2.09. The summed E-state index contributed by atoms with van der Waals surface area (Å²) in [6, 6.07) is 0. The van der Waals surface area contributed by atoms with E-state index in [-0.39, 0.29) is 10.7 Å². The van der Waals surface area contributed by atoms with Crippen LogP contribution in [-0.2, 0) is 4.79 Å². The van der Waals surface area contributed by atoms with E-state index >= 15 is 0 Å². The average molecular weight is 219 g/mol. The monoisotopic (exact) mass is 218 g/mol. The van der Waals surface area contributed by atoms with E-state index in [9.17, 15) is 4.79 Å². The van der Waals surface area contributed by atoms with Gasteiger partial charge >= 0.3 is 0 Å². The number of nitrogens with zero attached hydrogens (tertiary/aromatic N) is 2. The number of H-pyrrole nitrogens is 1. The quantitative estimate of drug-likeness (QED) is 0.712. The van der Waals surface area contributed by atoms with E-state index in [1.807, 2.05) is 0 Å². The highest BCUT2D eigenvalue weighted by atomic mass is 79.9. The third kappa shape index (κ3) is 2.30. The number of hydrogen-bond donors (Lipinski definition) is 2. The molecule has 1 aromatic heterocycles. The Morgan fingerprint density at radius 2 is 2.64 bits per heavy atom. The van der Waals surface area contributed by atoms with Gasteiger partial charge in [-0.15, -0.1) is 0 Å². The van der Waals surface area contributed by atoms with Gasteiger partial charge < -0.3 is 0 Å². The molecule has 0 aliphatic heterocycles. The van der Waals surface area contributed by atoms with Crippen LogP contribution in [0.1, 0.15) is 6.92 Å². The van der Waals surface area contributed by atoms with Gasteiger partial charge in [0.25, 0.3) is 0 Å². The number of halogens is 1. The lowest BCUT2D eigenvalue weighted by Gasteiger charge is -2.00. The summed E-state index contributed by atoms with van der Waals surface area (Å²) in [4.78, 5) is 14.5. The first-order valence-electron chi connectivity index (χ1n) is 3.00. The van der Waals surface area contributed by atoms with E-state index in [1.165, 1.54) is 6.33 Å². The van der Waals surface area contributed by atoms with Crippen molar-refractivity contribution < 1.29 is 4.79 Å². The van der Waals surface area contributed by atoms with E-state index in [1.54, 1.807) is 6.92 Å². The van der Waals surface area contributed by atoms with Crippen LogP contribution in [0.4, 0.5) is 5.95 Å². The number of aromatic amines is 1.